The lowest BCUT2D eigenvalue weighted by atomic mass is 10.2. The number of carbonyl (C=O) groups is 1. The summed E-state index contributed by atoms with van der Waals surface area (Å²) in [6, 6.07) is 19.2. The van der Waals surface area contributed by atoms with Gasteiger partial charge < -0.3 is 9.88 Å². The lowest BCUT2D eigenvalue weighted by Crippen LogP contribution is -2.27. The largest absolute Gasteiger partial charge is 0.356 e. The van der Waals surface area contributed by atoms with Crippen molar-refractivity contribution in [3.8, 4) is 0 Å². The SMILES string of the molecule is O=C(CCn1ccc2ccccc21)NCCCS(=O)(=O)Cc1ccccc1. The molecule has 0 saturated carbocycles. The van der Waals surface area contributed by atoms with Crippen LogP contribution in [0, 0.1) is 0 Å². The van der Waals surface area contributed by atoms with E-state index >= 15 is 0 Å². The molecule has 1 N–H and O–H groups in total. The molecular formula is C21H24N2O3S. The van der Waals surface area contributed by atoms with Gasteiger partial charge in [0.2, 0.25) is 5.91 Å². The van der Waals surface area contributed by atoms with E-state index in [1.807, 2.05) is 66.9 Å². The molecule has 3 rings (SSSR count). The highest BCUT2D eigenvalue weighted by Crippen LogP contribution is 2.15. The van der Waals surface area contributed by atoms with Crippen molar-refractivity contribution >= 4 is 26.6 Å². The average molecular weight is 385 g/mol. The van der Waals surface area contributed by atoms with Crippen molar-refractivity contribution in [2.75, 3.05) is 12.3 Å². The molecule has 1 aromatic heterocycles. The van der Waals surface area contributed by atoms with Gasteiger partial charge in [0.05, 0.1) is 11.5 Å². The van der Waals surface area contributed by atoms with Crippen molar-refractivity contribution in [2.45, 2.75) is 25.1 Å². The Bertz CT molecular complexity index is 994. The van der Waals surface area contributed by atoms with E-state index in [0.29, 0.717) is 25.9 Å². The first-order valence-corrected chi connectivity index (χ1v) is 10.9. The van der Waals surface area contributed by atoms with Gasteiger partial charge in [-0.2, -0.15) is 0 Å². The van der Waals surface area contributed by atoms with Gasteiger partial charge in [-0.25, -0.2) is 8.42 Å². The summed E-state index contributed by atoms with van der Waals surface area (Å²) in [6.07, 6.45) is 2.77. The highest BCUT2D eigenvalue weighted by atomic mass is 32.2. The average Bonchev–Trinajstić information content (AvgIpc) is 3.07. The van der Waals surface area contributed by atoms with E-state index in [2.05, 4.69) is 9.88 Å². The minimum Gasteiger partial charge on any atom is -0.356 e. The monoisotopic (exact) mass is 384 g/mol. The fraction of sp³-hybridized carbons (Fsp3) is 0.286. The van der Waals surface area contributed by atoms with E-state index < -0.39 is 9.84 Å². The van der Waals surface area contributed by atoms with Crippen molar-refractivity contribution in [3.05, 3.63) is 72.4 Å². The number of benzene rings is 2. The normalized spacial score (nSPS) is 11.6. The van der Waals surface area contributed by atoms with Crippen LogP contribution < -0.4 is 5.32 Å². The van der Waals surface area contributed by atoms with Crippen molar-refractivity contribution in [1.29, 1.82) is 0 Å². The lowest BCUT2D eigenvalue weighted by molar-refractivity contribution is -0.121. The molecule has 0 radical (unpaired) electrons. The molecule has 0 saturated heterocycles. The van der Waals surface area contributed by atoms with E-state index in [1.54, 1.807) is 0 Å². The maximum Gasteiger partial charge on any atom is 0.221 e. The third-order valence-corrected chi connectivity index (χ3v) is 6.13. The van der Waals surface area contributed by atoms with E-state index in [4.69, 9.17) is 0 Å². The molecular weight excluding hydrogens is 360 g/mol. The Hall–Kier alpha value is -2.60. The molecule has 5 nitrogen and oxygen atoms in total. The van der Waals surface area contributed by atoms with Crippen molar-refractivity contribution in [1.82, 2.24) is 9.88 Å². The van der Waals surface area contributed by atoms with Crippen LogP contribution in [0.1, 0.15) is 18.4 Å². The summed E-state index contributed by atoms with van der Waals surface area (Å²) in [5, 5.41) is 3.97. The minimum atomic E-state index is -3.16. The molecule has 0 aliphatic carbocycles. The first-order valence-electron chi connectivity index (χ1n) is 9.08. The Morgan fingerprint density at radius 2 is 1.70 bits per heavy atom. The zero-order valence-corrected chi connectivity index (χ0v) is 16.0. The standard InChI is InChI=1S/C21H24N2O3S/c24-21(12-15-23-14-11-19-9-4-5-10-20(19)23)22-13-6-16-27(25,26)17-18-7-2-1-3-8-18/h1-5,7-11,14H,6,12-13,15-17H2,(H,22,24). The Morgan fingerprint density at radius 3 is 2.52 bits per heavy atom. The topological polar surface area (TPSA) is 68.2 Å². The number of sulfone groups is 1. The number of carbonyl (C=O) groups excluding carboxylic acids is 1. The van der Waals surface area contributed by atoms with Crippen LogP contribution in [0.5, 0.6) is 0 Å². The summed E-state index contributed by atoms with van der Waals surface area (Å²) >= 11 is 0. The molecule has 0 bridgehead atoms. The maximum absolute atomic E-state index is 12.1. The van der Waals surface area contributed by atoms with Gasteiger partial charge in [-0.3, -0.25) is 4.79 Å². The Kier molecular flexibility index (Phi) is 6.29. The fourth-order valence-electron chi connectivity index (χ4n) is 3.07. The second kappa shape index (κ2) is 8.86. The highest BCUT2D eigenvalue weighted by molar-refractivity contribution is 7.90. The van der Waals surface area contributed by atoms with E-state index in [-0.39, 0.29) is 17.4 Å². The molecule has 0 unspecified atom stereocenters. The number of amides is 1. The molecule has 0 atom stereocenters. The summed E-state index contributed by atoms with van der Waals surface area (Å²) in [7, 11) is -3.16. The van der Waals surface area contributed by atoms with Crippen LogP contribution in [0.3, 0.4) is 0 Å². The summed E-state index contributed by atoms with van der Waals surface area (Å²) < 4.78 is 26.3. The van der Waals surface area contributed by atoms with Crippen molar-refractivity contribution in [2.24, 2.45) is 0 Å². The number of nitrogens with zero attached hydrogens (tertiary/aromatic N) is 1. The van der Waals surface area contributed by atoms with Crippen LogP contribution >= 0.6 is 0 Å². The smallest absolute Gasteiger partial charge is 0.221 e. The van der Waals surface area contributed by atoms with Gasteiger partial charge >= 0.3 is 0 Å². The first kappa shape index (κ1) is 19.2. The quantitative estimate of drug-likeness (QED) is 0.576. The number of aryl methyl sites for hydroxylation is 1. The zero-order valence-electron chi connectivity index (χ0n) is 15.2. The molecule has 6 heteroatoms. The number of fused-ring (bicyclic) bond motifs is 1. The molecule has 0 aliphatic heterocycles. The van der Waals surface area contributed by atoms with Gasteiger partial charge in [-0.15, -0.1) is 0 Å². The zero-order chi connectivity index (χ0) is 19.1. The summed E-state index contributed by atoms with van der Waals surface area (Å²) in [5.41, 5.74) is 1.90. The van der Waals surface area contributed by atoms with Crippen LogP contribution in [0.15, 0.2) is 66.9 Å². The van der Waals surface area contributed by atoms with Crippen LogP contribution in [-0.4, -0.2) is 31.2 Å². The number of hydrogen-bond donors (Lipinski definition) is 1. The van der Waals surface area contributed by atoms with Crippen LogP contribution in [0.2, 0.25) is 0 Å². The predicted molar refractivity (Wildman–Crippen MR) is 108 cm³/mol. The summed E-state index contributed by atoms with van der Waals surface area (Å²) in [6.45, 7) is 0.977. The summed E-state index contributed by atoms with van der Waals surface area (Å²) in [5.74, 6) is 0.0561. The second-order valence-corrected chi connectivity index (χ2v) is 8.78. The van der Waals surface area contributed by atoms with Gasteiger partial charge in [0, 0.05) is 31.2 Å². The Balaban J connectivity index is 1.38. The van der Waals surface area contributed by atoms with Gasteiger partial charge in [0.25, 0.3) is 0 Å². The van der Waals surface area contributed by atoms with Crippen molar-refractivity contribution in [3.63, 3.8) is 0 Å². The van der Waals surface area contributed by atoms with Gasteiger partial charge in [0.1, 0.15) is 0 Å². The molecule has 0 fully saturated rings. The van der Waals surface area contributed by atoms with E-state index in [0.717, 1.165) is 16.5 Å². The molecule has 2 aromatic carbocycles. The number of nitrogens with one attached hydrogen (secondary N) is 1. The highest BCUT2D eigenvalue weighted by Gasteiger charge is 2.12. The van der Waals surface area contributed by atoms with Crippen LogP contribution in [0.4, 0.5) is 0 Å². The molecule has 0 spiro atoms. The van der Waals surface area contributed by atoms with Crippen molar-refractivity contribution < 1.29 is 13.2 Å². The van der Waals surface area contributed by atoms with Gasteiger partial charge in [-0.05, 0) is 29.5 Å². The minimum absolute atomic E-state index is 0.0441. The first-order chi connectivity index (χ1) is 13.0. The third-order valence-electron chi connectivity index (χ3n) is 4.44. The second-order valence-electron chi connectivity index (χ2n) is 6.60. The van der Waals surface area contributed by atoms with Gasteiger partial charge in [-0.1, -0.05) is 48.5 Å². The lowest BCUT2D eigenvalue weighted by Gasteiger charge is -2.08. The van der Waals surface area contributed by atoms with E-state index in [1.165, 1.54) is 0 Å². The van der Waals surface area contributed by atoms with Crippen LogP contribution in [-0.2, 0) is 26.9 Å². The molecule has 27 heavy (non-hydrogen) atoms. The Labute approximate surface area is 159 Å². The maximum atomic E-state index is 12.1. The fourth-order valence-corrected chi connectivity index (χ4v) is 4.50. The Morgan fingerprint density at radius 1 is 0.963 bits per heavy atom. The molecule has 1 heterocycles. The molecule has 142 valence electrons. The summed E-state index contributed by atoms with van der Waals surface area (Å²) in [4.78, 5) is 12.0. The van der Waals surface area contributed by atoms with Crippen LogP contribution in [0.25, 0.3) is 10.9 Å². The number of para-hydroxylation sites is 1. The number of aromatic nitrogens is 1. The van der Waals surface area contributed by atoms with E-state index in [9.17, 15) is 13.2 Å². The van der Waals surface area contributed by atoms with Gasteiger partial charge in [0.15, 0.2) is 9.84 Å². The molecule has 1 amide bonds. The third kappa shape index (κ3) is 5.69. The number of rotatable bonds is 9. The molecule has 3 aromatic rings. The predicted octanol–water partition coefficient (Wildman–Crippen LogP) is 3.15. The molecule has 0 aliphatic rings. The number of hydrogen-bond acceptors (Lipinski definition) is 3.